The Morgan fingerprint density at radius 1 is 1.38 bits per heavy atom. The highest BCUT2D eigenvalue weighted by molar-refractivity contribution is 6.02. The van der Waals surface area contributed by atoms with Crippen molar-refractivity contribution in [1.82, 2.24) is 5.32 Å². The highest BCUT2D eigenvalue weighted by Crippen LogP contribution is 2.17. The molecule has 0 spiro atoms. The quantitative estimate of drug-likeness (QED) is 0.801. The van der Waals surface area contributed by atoms with E-state index in [-0.39, 0.29) is 11.3 Å². The van der Waals surface area contributed by atoms with Crippen molar-refractivity contribution in [3.63, 3.8) is 0 Å². The van der Waals surface area contributed by atoms with Gasteiger partial charge in [0.2, 0.25) is 0 Å². The molecule has 0 aliphatic rings. The first kappa shape index (κ1) is 12.8. The Hall–Kier alpha value is -1.29. The van der Waals surface area contributed by atoms with Crippen molar-refractivity contribution in [3.05, 3.63) is 35.4 Å². The van der Waals surface area contributed by atoms with Gasteiger partial charge in [-0.2, -0.15) is 0 Å². The number of rotatable bonds is 4. The normalized spacial score (nSPS) is 11.6. The third-order valence-corrected chi connectivity index (χ3v) is 2.36. The Morgan fingerprint density at radius 2 is 2.00 bits per heavy atom. The molecule has 1 N–H and O–H groups in total. The van der Waals surface area contributed by atoms with Crippen molar-refractivity contribution in [2.45, 2.75) is 26.3 Å². The van der Waals surface area contributed by atoms with E-state index in [9.17, 15) is 13.6 Å². The summed E-state index contributed by atoms with van der Waals surface area (Å²) < 4.78 is 26.1. The average molecular weight is 227 g/mol. The molecule has 0 radical (unpaired) electrons. The molecular weight excluding hydrogens is 212 g/mol. The zero-order valence-electron chi connectivity index (χ0n) is 9.60. The van der Waals surface area contributed by atoms with Gasteiger partial charge in [-0.25, -0.2) is 8.78 Å². The molecule has 0 saturated carbocycles. The van der Waals surface area contributed by atoms with Gasteiger partial charge in [0.1, 0.15) is 11.6 Å². The summed E-state index contributed by atoms with van der Waals surface area (Å²) in [5, 5.41) is 2.95. The lowest BCUT2D eigenvalue weighted by Gasteiger charge is -2.24. The second-order valence-corrected chi connectivity index (χ2v) is 4.11. The number of carbonyl (C=O) groups excluding carboxylic acids is 1. The van der Waals surface area contributed by atoms with E-state index in [2.05, 4.69) is 5.32 Å². The molecule has 1 aromatic carbocycles. The van der Waals surface area contributed by atoms with E-state index in [1.165, 1.54) is 6.07 Å². The van der Waals surface area contributed by atoms with Crippen LogP contribution in [0.15, 0.2) is 18.2 Å². The first-order valence-electron chi connectivity index (χ1n) is 5.13. The van der Waals surface area contributed by atoms with Gasteiger partial charge in [0.05, 0.1) is 11.1 Å². The smallest absolute Gasteiger partial charge is 0.185 e. The van der Waals surface area contributed by atoms with E-state index in [1.807, 2.05) is 6.92 Å². The minimum absolute atomic E-state index is 0.0904. The van der Waals surface area contributed by atoms with Crippen molar-refractivity contribution < 1.29 is 13.6 Å². The largest absolute Gasteiger partial charge is 0.305 e. The average Bonchev–Trinajstić information content (AvgIpc) is 2.16. The van der Waals surface area contributed by atoms with Crippen molar-refractivity contribution in [2.75, 3.05) is 6.54 Å². The summed E-state index contributed by atoms with van der Waals surface area (Å²) in [6, 6.07) is 2.97. The SMILES string of the molecule is CCNC(C)(C)C(=O)c1ccc(F)cc1F. The fraction of sp³-hybridized carbons (Fsp3) is 0.417. The predicted octanol–water partition coefficient (Wildman–Crippen LogP) is 2.54. The Labute approximate surface area is 93.7 Å². The molecule has 0 fully saturated rings. The van der Waals surface area contributed by atoms with E-state index < -0.39 is 17.2 Å². The Morgan fingerprint density at radius 3 is 2.50 bits per heavy atom. The summed E-state index contributed by atoms with van der Waals surface area (Å²) in [5.41, 5.74) is -0.944. The fourth-order valence-corrected chi connectivity index (χ4v) is 1.53. The summed E-state index contributed by atoms with van der Waals surface area (Å²) in [4.78, 5) is 12.0. The van der Waals surface area contributed by atoms with E-state index in [0.29, 0.717) is 6.54 Å². The zero-order chi connectivity index (χ0) is 12.3. The van der Waals surface area contributed by atoms with Crippen molar-refractivity contribution in [2.24, 2.45) is 0 Å². The molecule has 0 aliphatic carbocycles. The molecule has 4 heteroatoms. The number of benzene rings is 1. The van der Waals surface area contributed by atoms with Gasteiger partial charge in [-0.1, -0.05) is 6.92 Å². The molecule has 1 aromatic rings. The van der Waals surface area contributed by atoms with E-state index >= 15 is 0 Å². The van der Waals surface area contributed by atoms with Crippen LogP contribution in [0.25, 0.3) is 0 Å². The summed E-state index contributed by atoms with van der Waals surface area (Å²) in [6.45, 7) is 5.79. The monoisotopic (exact) mass is 227 g/mol. The van der Waals surface area contributed by atoms with Crippen LogP contribution in [-0.4, -0.2) is 17.9 Å². The second-order valence-electron chi connectivity index (χ2n) is 4.11. The first-order valence-corrected chi connectivity index (χ1v) is 5.13. The molecule has 2 nitrogen and oxygen atoms in total. The molecule has 16 heavy (non-hydrogen) atoms. The van der Waals surface area contributed by atoms with Crippen LogP contribution in [0.5, 0.6) is 0 Å². The number of nitrogens with one attached hydrogen (secondary N) is 1. The fourth-order valence-electron chi connectivity index (χ4n) is 1.53. The van der Waals surface area contributed by atoms with Crippen LogP contribution >= 0.6 is 0 Å². The predicted molar refractivity (Wildman–Crippen MR) is 58.4 cm³/mol. The van der Waals surface area contributed by atoms with Crippen molar-refractivity contribution >= 4 is 5.78 Å². The van der Waals surface area contributed by atoms with Crippen LogP contribution < -0.4 is 5.32 Å². The highest BCUT2D eigenvalue weighted by Gasteiger charge is 2.29. The summed E-state index contributed by atoms with van der Waals surface area (Å²) in [6.07, 6.45) is 0. The van der Waals surface area contributed by atoms with E-state index in [0.717, 1.165) is 12.1 Å². The third-order valence-electron chi connectivity index (χ3n) is 2.36. The maximum Gasteiger partial charge on any atom is 0.185 e. The molecule has 0 saturated heterocycles. The van der Waals surface area contributed by atoms with E-state index in [1.54, 1.807) is 13.8 Å². The number of ketones is 1. The summed E-state index contributed by atoms with van der Waals surface area (Å²) in [5.74, 6) is -1.89. The number of carbonyl (C=O) groups is 1. The standard InChI is InChI=1S/C12H15F2NO/c1-4-15-12(2,3)11(16)9-6-5-8(13)7-10(9)14/h5-7,15H,4H2,1-3H3. The molecule has 0 amide bonds. The zero-order valence-corrected chi connectivity index (χ0v) is 9.60. The van der Waals surface area contributed by atoms with Gasteiger partial charge in [-0.3, -0.25) is 4.79 Å². The first-order chi connectivity index (χ1) is 7.38. The maximum atomic E-state index is 13.4. The third kappa shape index (κ3) is 2.64. The van der Waals surface area contributed by atoms with Crippen LogP contribution in [0.3, 0.4) is 0 Å². The minimum Gasteiger partial charge on any atom is -0.305 e. The Kier molecular flexibility index (Phi) is 3.75. The Bertz CT molecular complexity index is 402. The van der Waals surface area contributed by atoms with Gasteiger partial charge in [0.25, 0.3) is 0 Å². The molecule has 0 atom stereocenters. The lowest BCUT2D eigenvalue weighted by atomic mass is 9.93. The van der Waals surface area contributed by atoms with Crippen LogP contribution in [-0.2, 0) is 0 Å². The number of Topliss-reactive ketones (excluding diaryl/α,β-unsaturated/α-hetero) is 1. The lowest BCUT2D eigenvalue weighted by molar-refractivity contribution is 0.0879. The second kappa shape index (κ2) is 4.70. The number of likely N-dealkylation sites (N-methyl/N-ethyl adjacent to an activating group) is 1. The van der Waals surface area contributed by atoms with Gasteiger partial charge in [-0.05, 0) is 32.5 Å². The van der Waals surface area contributed by atoms with Crippen LogP contribution in [0, 0.1) is 11.6 Å². The van der Waals surface area contributed by atoms with Gasteiger partial charge in [0.15, 0.2) is 5.78 Å². The molecule has 0 unspecified atom stereocenters. The minimum atomic E-state index is -0.854. The Balaban J connectivity index is 3.05. The van der Waals surface area contributed by atoms with Crippen LogP contribution in [0.2, 0.25) is 0 Å². The molecule has 1 rings (SSSR count). The van der Waals surface area contributed by atoms with Gasteiger partial charge in [0, 0.05) is 6.07 Å². The molecule has 88 valence electrons. The van der Waals surface area contributed by atoms with Gasteiger partial charge >= 0.3 is 0 Å². The lowest BCUT2D eigenvalue weighted by Crippen LogP contribution is -2.46. The van der Waals surface area contributed by atoms with Crippen molar-refractivity contribution in [3.8, 4) is 0 Å². The highest BCUT2D eigenvalue weighted by atomic mass is 19.1. The van der Waals surface area contributed by atoms with E-state index in [4.69, 9.17) is 0 Å². The number of hydrogen-bond acceptors (Lipinski definition) is 2. The molecular formula is C12H15F2NO. The topological polar surface area (TPSA) is 29.1 Å². The van der Waals surface area contributed by atoms with Gasteiger partial charge in [-0.15, -0.1) is 0 Å². The van der Waals surface area contributed by atoms with Crippen LogP contribution in [0.1, 0.15) is 31.1 Å². The van der Waals surface area contributed by atoms with Gasteiger partial charge < -0.3 is 5.32 Å². The number of halogens is 2. The van der Waals surface area contributed by atoms with Crippen molar-refractivity contribution in [1.29, 1.82) is 0 Å². The number of hydrogen-bond donors (Lipinski definition) is 1. The molecule has 0 aromatic heterocycles. The maximum absolute atomic E-state index is 13.4. The molecule has 0 aliphatic heterocycles. The summed E-state index contributed by atoms with van der Waals surface area (Å²) >= 11 is 0. The van der Waals surface area contributed by atoms with Crippen LogP contribution in [0.4, 0.5) is 8.78 Å². The summed E-state index contributed by atoms with van der Waals surface area (Å²) in [7, 11) is 0. The molecule has 0 bridgehead atoms. The molecule has 0 heterocycles.